The van der Waals surface area contributed by atoms with Crippen LogP contribution < -0.4 is 5.32 Å². The molecule has 21 heavy (non-hydrogen) atoms. The van der Waals surface area contributed by atoms with Gasteiger partial charge in [-0.3, -0.25) is 4.68 Å². The molecule has 1 heterocycles. The van der Waals surface area contributed by atoms with Gasteiger partial charge in [-0.05, 0) is 40.0 Å². The second-order valence-corrected chi connectivity index (χ2v) is 6.95. The molecule has 1 fully saturated rings. The van der Waals surface area contributed by atoms with E-state index in [1.165, 1.54) is 0 Å². The Balaban J connectivity index is 1.87. The predicted octanol–water partition coefficient (Wildman–Crippen LogP) is 3.85. The van der Waals surface area contributed by atoms with Crippen molar-refractivity contribution in [2.45, 2.75) is 70.8 Å². The Hall–Kier alpha value is -1.04. The first-order valence-electron chi connectivity index (χ1n) is 7.50. The molecule has 1 N–H and O–H groups in total. The maximum atomic E-state index is 12.8. The fourth-order valence-corrected chi connectivity index (χ4v) is 2.75. The lowest BCUT2D eigenvalue weighted by molar-refractivity contribution is -0.183. The average Bonchev–Trinajstić information content (AvgIpc) is 2.84. The van der Waals surface area contributed by atoms with Crippen molar-refractivity contribution >= 4 is 0 Å². The summed E-state index contributed by atoms with van der Waals surface area (Å²) >= 11 is 0. The van der Waals surface area contributed by atoms with Crippen LogP contribution in [0.5, 0.6) is 0 Å². The van der Waals surface area contributed by atoms with E-state index in [4.69, 9.17) is 0 Å². The van der Waals surface area contributed by atoms with Gasteiger partial charge in [-0.15, -0.1) is 0 Å². The molecule has 0 bridgehead atoms. The van der Waals surface area contributed by atoms with Crippen LogP contribution in [0.3, 0.4) is 0 Å². The van der Waals surface area contributed by atoms with E-state index in [2.05, 4.69) is 31.2 Å². The van der Waals surface area contributed by atoms with E-state index in [0.717, 1.165) is 12.0 Å². The number of rotatable bonds is 3. The second-order valence-electron chi connectivity index (χ2n) is 6.95. The molecule has 1 aliphatic carbocycles. The van der Waals surface area contributed by atoms with Crippen LogP contribution in [-0.2, 0) is 12.1 Å². The summed E-state index contributed by atoms with van der Waals surface area (Å²) in [5.74, 6) is -1.15. The predicted molar refractivity (Wildman–Crippen MR) is 75.9 cm³/mol. The summed E-state index contributed by atoms with van der Waals surface area (Å²) < 4.78 is 40.2. The molecule has 0 saturated heterocycles. The van der Waals surface area contributed by atoms with Gasteiger partial charge in [-0.1, -0.05) is 6.42 Å². The molecule has 0 radical (unpaired) electrons. The molecular formula is C15H24F3N3. The lowest BCUT2D eigenvalue weighted by Crippen LogP contribution is -2.38. The molecule has 0 aliphatic heterocycles. The Labute approximate surface area is 123 Å². The SMILES string of the molecule is CC(C)(C)n1cc(CNC2CCCC(C(F)(F)F)C2)cn1. The van der Waals surface area contributed by atoms with E-state index in [-0.39, 0.29) is 24.4 Å². The van der Waals surface area contributed by atoms with Crippen LogP contribution in [-0.4, -0.2) is 22.0 Å². The van der Waals surface area contributed by atoms with Crippen molar-refractivity contribution in [3.05, 3.63) is 18.0 Å². The number of hydrogen-bond acceptors (Lipinski definition) is 2. The van der Waals surface area contributed by atoms with Crippen LogP contribution in [0.4, 0.5) is 13.2 Å². The van der Waals surface area contributed by atoms with Gasteiger partial charge in [-0.2, -0.15) is 18.3 Å². The first-order valence-corrected chi connectivity index (χ1v) is 7.50. The summed E-state index contributed by atoms with van der Waals surface area (Å²) in [4.78, 5) is 0. The third kappa shape index (κ3) is 4.46. The van der Waals surface area contributed by atoms with Gasteiger partial charge in [0.05, 0.1) is 17.7 Å². The Morgan fingerprint density at radius 1 is 1.29 bits per heavy atom. The lowest BCUT2D eigenvalue weighted by Gasteiger charge is -2.31. The van der Waals surface area contributed by atoms with E-state index in [0.29, 0.717) is 13.0 Å². The van der Waals surface area contributed by atoms with Gasteiger partial charge in [-0.25, -0.2) is 0 Å². The Morgan fingerprint density at radius 2 is 2.00 bits per heavy atom. The van der Waals surface area contributed by atoms with Crippen LogP contribution in [0.1, 0.15) is 52.0 Å². The molecule has 0 amide bonds. The van der Waals surface area contributed by atoms with Gasteiger partial charge < -0.3 is 5.32 Å². The van der Waals surface area contributed by atoms with Crippen LogP contribution in [0, 0.1) is 5.92 Å². The molecule has 1 aromatic heterocycles. The van der Waals surface area contributed by atoms with Crippen LogP contribution >= 0.6 is 0 Å². The van der Waals surface area contributed by atoms with Crippen molar-refractivity contribution in [1.82, 2.24) is 15.1 Å². The smallest absolute Gasteiger partial charge is 0.310 e. The molecule has 1 aliphatic rings. The van der Waals surface area contributed by atoms with Crippen LogP contribution in [0.25, 0.3) is 0 Å². The summed E-state index contributed by atoms with van der Waals surface area (Å²) in [6, 6.07) is -0.0524. The summed E-state index contributed by atoms with van der Waals surface area (Å²) in [5, 5.41) is 7.55. The van der Waals surface area contributed by atoms with Gasteiger partial charge in [0.2, 0.25) is 0 Å². The highest BCUT2D eigenvalue weighted by Crippen LogP contribution is 2.37. The van der Waals surface area contributed by atoms with E-state index in [1.54, 1.807) is 6.20 Å². The average molecular weight is 303 g/mol. The number of hydrogen-bond donors (Lipinski definition) is 1. The Bertz CT molecular complexity index is 459. The van der Waals surface area contributed by atoms with E-state index in [9.17, 15) is 13.2 Å². The van der Waals surface area contributed by atoms with Gasteiger partial charge in [0.15, 0.2) is 0 Å². The molecule has 1 aromatic rings. The van der Waals surface area contributed by atoms with Crippen molar-refractivity contribution in [3.8, 4) is 0 Å². The molecule has 2 unspecified atom stereocenters. The van der Waals surface area contributed by atoms with Crippen molar-refractivity contribution < 1.29 is 13.2 Å². The van der Waals surface area contributed by atoms with E-state index >= 15 is 0 Å². The van der Waals surface area contributed by atoms with Crippen molar-refractivity contribution in [1.29, 1.82) is 0 Å². The maximum Gasteiger partial charge on any atom is 0.391 e. The maximum absolute atomic E-state index is 12.8. The summed E-state index contributed by atoms with van der Waals surface area (Å²) in [7, 11) is 0. The number of alkyl halides is 3. The normalized spacial score (nSPS) is 24.3. The van der Waals surface area contributed by atoms with Gasteiger partial charge >= 0.3 is 6.18 Å². The molecule has 3 nitrogen and oxygen atoms in total. The standard InChI is InChI=1S/C15H24F3N3/c1-14(2,3)21-10-11(9-20-21)8-19-13-6-4-5-12(7-13)15(16,17)18/h9-10,12-13,19H,4-8H2,1-3H3. The molecule has 120 valence electrons. The minimum atomic E-state index is -4.06. The minimum absolute atomic E-state index is 0.0524. The second kappa shape index (κ2) is 5.99. The largest absolute Gasteiger partial charge is 0.391 e. The molecule has 1 saturated carbocycles. The van der Waals surface area contributed by atoms with E-state index < -0.39 is 12.1 Å². The number of nitrogens with one attached hydrogen (secondary N) is 1. The van der Waals surface area contributed by atoms with Crippen LogP contribution in [0.2, 0.25) is 0 Å². The fourth-order valence-electron chi connectivity index (χ4n) is 2.75. The molecule has 6 heteroatoms. The van der Waals surface area contributed by atoms with Gasteiger partial charge in [0, 0.05) is 24.3 Å². The zero-order valence-corrected chi connectivity index (χ0v) is 12.9. The van der Waals surface area contributed by atoms with Gasteiger partial charge in [0.25, 0.3) is 0 Å². The lowest BCUT2D eigenvalue weighted by atomic mass is 9.85. The summed E-state index contributed by atoms with van der Waals surface area (Å²) in [6.07, 6.45) is 1.60. The monoisotopic (exact) mass is 303 g/mol. The highest BCUT2D eigenvalue weighted by atomic mass is 19.4. The highest BCUT2D eigenvalue weighted by Gasteiger charge is 2.41. The molecule has 0 aromatic carbocycles. The van der Waals surface area contributed by atoms with Crippen molar-refractivity contribution in [3.63, 3.8) is 0 Å². The highest BCUT2D eigenvalue weighted by molar-refractivity contribution is 5.05. The third-order valence-electron chi connectivity index (χ3n) is 4.06. The van der Waals surface area contributed by atoms with Crippen LogP contribution in [0.15, 0.2) is 12.4 Å². The quantitative estimate of drug-likeness (QED) is 0.919. The van der Waals surface area contributed by atoms with Crippen molar-refractivity contribution in [2.24, 2.45) is 5.92 Å². The zero-order valence-electron chi connectivity index (χ0n) is 12.9. The number of nitrogens with zero attached hydrogens (tertiary/aromatic N) is 2. The first kappa shape index (κ1) is 16.3. The van der Waals surface area contributed by atoms with Crippen molar-refractivity contribution in [2.75, 3.05) is 0 Å². The fraction of sp³-hybridized carbons (Fsp3) is 0.800. The molecule has 0 spiro atoms. The third-order valence-corrected chi connectivity index (χ3v) is 4.06. The molecular weight excluding hydrogens is 279 g/mol. The van der Waals surface area contributed by atoms with E-state index in [1.807, 2.05) is 10.9 Å². The zero-order chi connectivity index (χ0) is 15.7. The first-order chi connectivity index (χ1) is 9.66. The Kier molecular flexibility index (Phi) is 4.66. The van der Waals surface area contributed by atoms with Gasteiger partial charge in [0.1, 0.15) is 0 Å². The molecule has 2 atom stereocenters. The topological polar surface area (TPSA) is 29.9 Å². The summed E-state index contributed by atoms with van der Waals surface area (Å²) in [6.45, 7) is 6.76. The number of halogens is 3. The number of aromatic nitrogens is 2. The minimum Gasteiger partial charge on any atom is -0.310 e. The molecule has 2 rings (SSSR count). The summed E-state index contributed by atoms with van der Waals surface area (Å²) in [5.41, 5.74) is 0.934. The Morgan fingerprint density at radius 3 is 2.57 bits per heavy atom.